The molecule has 0 aromatic rings. The fourth-order valence-electron chi connectivity index (χ4n) is 2.93. The molecule has 0 amide bonds. The van der Waals surface area contributed by atoms with Crippen LogP contribution in [0.3, 0.4) is 0 Å². The zero-order valence-corrected chi connectivity index (χ0v) is 9.82. The van der Waals surface area contributed by atoms with Crippen molar-refractivity contribution in [2.75, 3.05) is 20.2 Å². The maximum Gasteiger partial charge on any atom is 0.0572 e. The number of methoxy groups -OCH3 is 1. The van der Waals surface area contributed by atoms with Gasteiger partial charge in [-0.05, 0) is 51.6 Å². The van der Waals surface area contributed by atoms with E-state index >= 15 is 0 Å². The third-order valence-corrected chi connectivity index (χ3v) is 4.07. The van der Waals surface area contributed by atoms with Crippen molar-refractivity contribution in [1.29, 1.82) is 0 Å². The van der Waals surface area contributed by atoms with E-state index in [1.54, 1.807) is 0 Å². The number of ether oxygens (including phenoxy) is 1. The fourth-order valence-corrected chi connectivity index (χ4v) is 2.93. The molecule has 2 aliphatic rings. The summed E-state index contributed by atoms with van der Waals surface area (Å²) in [6, 6.07) is 1.26. The summed E-state index contributed by atoms with van der Waals surface area (Å²) in [5.74, 6) is 0. The van der Waals surface area contributed by atoms with Crippen LogP contribution in [-0.2, 0) is 4.74 Å². The van der Waals surface area contributed by atoms with Crippen molar-refractivity contribution in [3.8, 4) is 0 Å². The molecule has 3 heteroatoms. The molecule has 0 unspecified atom stereocenters. The fraction of sp³-hybridized carbons (Fsp3) is 1.00. The van der Waals surface area contributed by atoms with Crippen molar-refractivity contribution >= 4 is 0 Å². The predicted octanol–water partition coefficient (Wildman–Crippen LogP) is 1.37. The Hall–Kier alpha value is -0.120. The van der Waals surface area contributed by atoms with Crippen LogP contribution in [-0.4, -0.2) is 43.3 Å². The minimum Gasteiger partial charge on any atom is -0.381 e. The van der Waals surface area contributed by atoms with Crippen LogP contribution in [0.5, 0.6) is 0 Å². The van der Waals surface area contributed by atoms with E-state index in [2.05, 4.69) is 4.90 Å². The molecule has 2 fully saturated rings. The lowest BCUT2D eigenvalue weighted by molar-refractivity contribution is 0.0323. The highest BCUT2D eigenvalue weighted by atomic mass is 16.5. The molecule has 1 aliphatic carbocycles. The van der Waals surface area contributed by atoms with Crippen molar-refractivity contribution in [3.05, 3.63) is 0 Å². The molecule has 0 spiro atoms. The molecule has 1 heterocycles. The number of hydrogen-bond donors (Lipinski definition) is 1. The van der Waals surface area contributed by atoms with E-state index in [1.165, 1.54) is 51.6 Å². The number of hydrogen-bond acceptors (Lipinski definition) is 3. The second-order valence-corrected chi connectivity index (χ2v) is 5.04. The Balaban J connectivity index is 1.75. The zero-order valence-electron chi connectivity index (χ0n) is 9.82. The monoisotopic (exact) mass is 212 g/mol. The number of nitrogens with two attached hydrogens (primary N) is 1. The minimum absolute atomic E-state index is 0.455. The van der Waals surface area contributed by atoms with Gasteiger partial charge >= 0.3 is 0 Å². The second kappa shape index (κ2) is 5.28. The van der Waals surface area contributed by atoms with Crippen LogP contribution in [0.1, 0.15) is 38.5 Å². The summed E-state index contributed by atoms with van der Waals surface area (Å²) in [6.07, 6.45) is 8.00. The van der Waals surface area contributed by atoms with Crippen molar-refractivity contribution in [3.63, 3.8) is 0 Å². The zero-order chi connectivity index (χ0) is 10.7. The maximum absolute atomic E-state index is 5.92. The summed E-state index contributed by atoms with van der Waals surface area (Å²) in [5.41, 5.74) is 5.92. The minimum atomic E-state index is 0.455. The highest BCUT2D eigenvalue weighted by Crippen LogP contribution is 2.26. The van der Waals surface area contributed by atoms with Crippen LogP contribution in [0.2, 0.25) is 0 Å². The first-order valence-corrected chi connectivity index (χ1v) is 6.32. The maximum atomic E-state index is 5.92. The first-order chi connectivity index (χ1) is 7.29. The molecule has 2 N–H and O–H groups in total. The Bertz CT molecular complexity index is 182. The normalized spacial score (nSPS) is 35.6. The number of piperidine rings is 1. The van der Waals surface area contributed by atoms with Crippen molar-refractivity contribution in [1.82, 2.24) is 4.90 Å². The summed E-state index contributed by atoms with van der Waals surface area (Å²) in [7, 11) is 1.84. The van der Waals surface area contributed by atoms with Gasteiger partial charge in [0, 0.05) is 19.2 Å². The summed E-state index contributed by atoms with van der Waals surface area (Å²) in [6.45, 7) is 2.42. The number of likely N-dealkylation sites (tertiary alicyclic amines) is 1. The Morgan fingerprint density at radius 2 is 1.60 bits per heavy atom. The predicted molar refractivity (Wildman–Crippen MR) is 61.8 cm³/mol. The molecule has 3 nitrogen and oxygen atoms in total. The van der Waals surface area contributed by atoms with Gasteiger partial charge in [0.2, 0.25) is 0 Å². The lowest BCUT2D eigenvalue weighted by atomic mass is 9.90. The molecule has 2 rings (SSSR count). The highest BCUT2D eigenvalue weighted by molar-refractivity contribution is 4.84. The first-order valence-electron chi connectivity index (χ1n) is 6.32. The smallest absolute Gasteiger partial charge is 0.0572 e. The van der Waals surface area contributed by atoms with Gasteiger partial charge in [0.05, 0.1) is 6.10 Å². The third kappa shape index (κ3) is 2.92. The molecular weight excluding hydrogens is 188 g/mol. The third-order valence-electron chi connectivity index (χ3n) is 4.07. The average molecular weight is 212 g/mol. The van der Waals surface area contributed by atoms with Crippen LogP contribution in [0.15, 0.2) is 0 Å². The van der Waals surface area contributed by atoms with Gasteiger partial charge in [-0.1, -0.05) is 0 Å². The van der Waals surface area contributed by atoms with Gasteiger partial charge in [0.25, 0.3) is 0 Å². The van der Waals surface area contributed by atoms with Crippen LogP contribution >= 0.6 is 0 Å². The largest absolute Gasteiger partial charge is 0.381 e. The number of nitrogens with zero attached hydrogens (tertiary/aromatic N) is 1. The van der Waals surface area contributed by atoms with Crippen molar-refractivity contribution < 1.29 is 4.74 Å². The van der Waals surface area contributed by atoms with Gasteiger partial charge in [0.15, 0.2) is 0 Å². The van der Waals surface area contributed by atoms with Gasteiger partial charge in [-0.15, -0.1) is 0 Å². The Morgan fingerprint density at radius 1 is 1.00 bits per heavy atom. The van der Waals surface area contributed by atoms with E-state index in [0.717, 1.165) is 6.04 Å². The SMILES string of the molecule is COC1CCC(N2CCC(N)CC2)CC1. The van der Waals surface area contributed by atoms with Gasteiger partial charge in [0.1, 0.15) is 0 Å². The van der Waals surface area contributed by atoms with E-state index < -0.39 is 0 Å². The topological polar surface area (TPSA) is 38.5 Å². The lowest BCUT2D eigenvalue weighted by Gasteiger charge is -2.39. The molecule has 0 aromatic carbocycles. The van der Waals surface area contributed by atoms with E-state index in [1.807, 2.05) is 7.11 Å². The first kappa shape index (κ1) is 11.4. The van der Waals surface area contributed by atoms with E-state index in [0.29, 0.717) is 12.1 Å². The molecule has 1 saturated heterocycles. The van der Waals surface area contributed by atoms with Gasteiger partial charge in [-0.3, -0.25) is 0 Å². The van der Waals surface area contributed by atoms with Crippen LogP contribution in [0.4, 0.5) is 0 Å². The van der Waals surface area contributed by atoms with E-state index in [9.17, 15) is 0 Å². The summed E-state index contributed by atoms with van der Waals surface area (Å²) < 4.78 is 5.41. The van der Waals surface area contributed by atoms with Gasteiger partial charge < -0.3 is 15.4 Å². The van der Waals surface area contributed by atoms with E-state index in [4.69, 9.17) is 10.5 Å². The van der Waals surface area contributed by atoms with Crippen LogP contribution in [0, 0.1) is 0 Å². The quantitative estimate of drug-likeness (QED) is 0.751. The van der Waals surface area contributed by atoms with Crippen molar-refractivity contribution in [2.24, 2.45) is 5.73 Å². The standard InChI is InChI=1S/C12H24N2O/c1-15-12-4-2-11(3-5-12)14-8-6-10(13)7-9-14/h10-12H,2-9,13H2,1H3. The molecule has 15 heavy (non-hydrogen) atoms. The molecule has 0 atom stereocenters. The van der Waals surface area contributed by atoms with Gasteiger partial charge in [-0.25, -0.2) is 0 Å². The summed E-state index contributed by atoms with van der Waals surface area (Å²) in [5, 5.41) is 0. The van der Waals surface area contributed by atoms with Gasteiger partial charge in [-0.2, -0.15) is 0 Å². The van der Waals surface area contributed by atoms with Crippen molar-refractivity contribution in [2.45, 2.75) is 56.7 Å². The number of rotatable bonds is 2. The van der Waals surface area contributed by atoms with E-state index in [-0.39, 0.29) is 0 Å². The molecular formula is C12H24N2O. The van der Waals surface area contributed by atoms with Crippen LogP contribution < -0.4 is 5.73 Å². The van der Waals surface area contributed by atoms with Crippen LogP contribution in [0.25, 0.3) is 0 Å². The summed E-state index contributed by atoms with van der Waals surface area (Å²) >= 11 is 0. The highest BCUT2D eigenvalue weighted by Gasteiger charge is 2.27. The molecule has 0 aromatic heterocycles. The molecule has 88 valence electrons. The summed E-state index contributed by atoms with van der Waals surface area (Å²) in [4.78, 5) is 2.65. The molecule has 0 radical (unpaired) electrons. The Morgan fingerprint density at radius 3 is 2.13 bits per heavy atom. The Labute approximate surface area is 93.0 Å². The average Bonchev–Trinajstić information content (AvgIpc) is 2.30. The Kier molecular flexibility index (Phi) is 4.00. The molecule has 0 bridgehead atoms. The second-order valence-electron chi connectivity index (χ2n) is 5.04. The molecule has 1 aliphatic heterocycles. The molecule has 1 saturated carbocycles. The lowest BCUT2D eigenvalue weighted by Crippen LogP contribution is -2.46.